The summed E-state index contributed by atoms with van der Waals surface area (Å²) in [7, 11) is 0. The molecule has 20 heavy (non-hydrogen) atoms. The Kier molecular flexibility index (Phi) is 12.2. The molecule has 0 rings (SSSR count). The van der Waals surface area contributed by atoms with Crippen molar-refractivity contribution in [2.75, 3.05) is 0 Å². The Labute approximate surface area is 122 Å². The van der Waals surface area contributed by atoms with Gasteiger partial charge in [0.05, 0.1) is 0 Å². The van der Waals surface area contributed by atoms with Crippen molar-refractivity contribution >= 4 is 11.6 Å². The van der Waals surface area contributed by atoms with Gasteiger partial charge in [0, 0.05) is 0 Å². The molecular weight excluding hydrogens is 256 g/mol. The third-order valence-corrected chi connectivity index (χ3v) is 2.44. The van der Waals surface area contributed by atoms with E-state index >= 15 is 0 Å². The summed E-state index contributed by atoms with van der Waals surface area (Å²) in [4.78, 5) is 21.0. The van der Waals surface area contributed by atoms with E-state index in [9.17, 15) is 9.59 Å². The average Bonchev–Trinajstić information content (AvgIpc) is 2.33. The Morgan fingerprint density at radius 2 is 1.00 bits per heavy atom. The molecule has 0 spiro atoms. The molecule has 0 saturated heterocycles. The molecule has 116 valence electrons. The number of carbonyl (C=O) groups is 2. The van der Waals surface area contributed by atoms with Crippen molar-refractivity contribution in [2.24, 2.45) is 0 Å². The monoisotopic (exact) mass is 284 g/mol. The van der Waals surface area contributed by atoms with Crippen LogP contribution in [-0.4, -0.2) is 34.0 Å². The van der Waals surface area contributed by atoms with Crippen LogP contribution < -0.4 is 0 Å². The van der Waals surface area contributed by atoms with E-state index in [0.29, 0.717) is 12.8 Å². The van der Waals surface area contributed by atoms with Crippen molar-refractivity contribution in [3.05, 3.63) is 23.3 Å². The number of hydrogen-bond acceptors (Lipinski definition) is 4. The summed E-state index contributed by atoms with van der Waals surface area (Å²) in [6.45, 7) is 10.5. The van der Waals surface area contributed by atoms with Gasteiger partial charge < -0.3 is 10.2 Å². The normalized spacial score (nSPS) is 12.4. The van der Waals surface area contributed by atoms with E-state index in [0.717, 1.165) is 11.1 Å². The summed E-state index contributed by atoms with van der Waals surface area (Å²) in [6.07, 6.45) is 2.97. The maximum Gasteiger partial charge on any atom is 0.158 e. The molecule has 0 amide bonds. The van der Waals surface area contributed by atoms with Crippen LogP contribution in [0.15, 0.2) is 23.3 Å². The molecule has 0 fully saturated rings. The minimum absolute atomic E-state index is 0.169. The van der Waals surface area contributed by atoms with E-state index in [1.165, 1.54) is 13.8 Å². The fraction of sp³-hybridized carbons (Fsp3) is 0.625. The van der Waals surface area contributed by atoms with E-state index in [1.807, 2.05) is 39.8 Å². The molecule has 2 N–H and O–H groups in total. The van der Waals surface area contributed by atoms with Crippen LogP contribution >= 0.6 is 0 Å². The van der Waals surface area contributed by atoms with Crippen molar-refractivity contribution in [1.29, 1.82) is 0 Å². The molecule has 0 aliphatic carbocycles. The Morgan fingerprint density at radius 3 is 1.15 bits per heavy atom. The number of Topliss-reactive ketones (excluding diaryl/α,β-unsaturated/α-hetero) is 2. The van der Waals surface area contributed by atoms with Gasteiger partial charge >= 0.3 is 0 Å². The van der Waals surface area contributed by atoms with Gasteiger partial charge in [-0.3, -0.25) is 9.59 Å². The summed E-state index contributed by atoms with van der Waals surface area (Å²) in [6, 6.07) is 0. The molecule has 0 aromatic heterocycles. The second-order valence-corrected chi connectivity index (χ2v) is 5.29. The largest absolute Gasteiger partial charge is 0.385 e. The molecule has 4 nitrogen and oxygen atoms in total. The molecule has 0 aromatic rings. The van der Waals surface area contributed by atoms with Crippen molar-refractivity contribution < 1.29 is 19.8 Å². The maximum atomic E-state index is 10.5. The number of ketones is 2. The van der Waals surface area contributed by atoms with Crippen LogP contribution in [0, 0.1) is 0 Å². The van der Waals surface area contributed by atoms with Gasteiger partial charge in [0.1, 0.15) is 12.2 Å². The predicted molar refractivity (Wildman–Crippen MR) is 81.5 cm³/mol. The smallest absolute Gasteiger partial charge is 0.158 e. The Hall–Kier alpha value is -1.26. The quantitative estimate of drug-likeness (QED) is 0.735. The van der Waals surface area contributed by atoms with Crippen LogP contribution in [0.1, 0.15) is 54.4 Å². The summed E-state index contributed by atoms with van der Waals surface area (Å²) in [5, 5.41) is 18.0. The van der Waals surface area contributed by atoms with Gasteiger partial charge in [-0.2, -0.15) is 0 Å². The molecule has 0 aliphatic rings. The van der Waals surface area contributed by atoms with Crippen molar-refractivity contribution in [3.8, 4) is 0 Å². The lowest BCUT2D eigenvalue weighted by Gasteiger charge is -2.01. The molecule has 0 heterocycles. The third-order valence-electron chi connectivity index (χ3n) is 2.44. The minimum atomic E-state index is -0.810. The highest BCUT2D eigenvalue weighted by atomic mass is 16.3. The first-order valence-electron chi connectivity index (χ1n) is 6.71. The molecule has 0 aromatic carbocycles. The highest BCUT2D eigenvalue weighted by Gasteiger charge is 2.06. The highest BCUT2D eigenvalue weighted by molar-refractivity contribution is 5.80. The molecule has 0 saturated carbocycles. The van der Waals surface area contributed by atoms with Gasteiger partial charge in [-0.1, -0.05) is 23.3 Å². The number of hydrogen-bond donors (Lipinski definition) is 2. The fourth-order valence-corrected chi connectivity index (χ4v) is 1.03. The standard InChI is InChI=1S/2C8H14O2/c2*1-6(2)4-5-8(10)7(3)9/h2*4,8,10H,5H2,1-3H3/t2*8-/m10/s1. The van der Waals surface area contributed by atoms with Gasteiger partial charge in [-0.15, -0.1) is 0 Å². The van der Waals surface area contributed by atoms with Gasteiger partial charge in [-0.25, -0.2) is 0 Å². The summed E-state index contributed by atoms with van der Waals surface area (Å²) in [5.74, 6) is -0.338. The molecule has 0 unspecified atom stereocenters. The number of aliphatic hydroxyl groups excluding tert-OH is 2. The zero-order valence-electron chi connectivity index (χ0n) is 13.4. The molecule has 0 aliphatic heterocycles. The van der Waals surface area contributed by atoms with E-state index in [4.69, 9.17) is 10.2 Å². The van der Waals surface area contributed by atoms with E-state index in [1.54, 1.807) is 0 Å². The summed E-state index contributed by atoms with van der Waals surface area (Å²) in [5.41, 5.74) is 2.25. The topological polar surface area (TPSA) is 74.6 Å². The lowest BCUT2D eigenvalue weighted by atomic mass is 10.1. The van der Waals surface area contributed by atoms with Crippen molar-refractivity contribution in [3.63, 3.8) is 0 Å². The summed E-state index contributed by atoms with van der Waals surface area (Å²) < 4.78 is 0. The number of allylic oxidation sites excluding steroid dienone is 2. The molecule has 2 atom stereocenters. The predicted octanol–water partition coefficient (Wildman–Crippen LogP) is 2.59. The molecule has 0 bridgehead atoms. The SMILES string of the molecule is CC(=O)[C@@H](O)CC=C(C)C.CC(=O)[C@H](O)CC=C(C)C. The van der Waals surface area contributed by atoms with Crippen LogP contribution in [0.4, 0.5) is 0 Å². The van der Waals surface area contributed by atoms with E-state index in [-0.39, 0.29) is 11.6 Å². The number of rotatable bonds is 6. The number of aliphatic hydroxyl groups is 2. The molecular formula is C16H28O4. The van der Waals surface area contributed by atoms with E-state index < -0.39 is 12.2 Å². The van der Waals surface area contributed by atoms with Gasteiger partial charge in [-0.05, 0) is 54.4 Å². The first kappa shape index (κ1) is 21.0. The molecule has 0 radical (unpaired) electrons. The Morgan fingerprint density at radius 1 is 0.750 bits per heavy atom. The first-order chi connectivity index (χ1) is 9.07. The maximum absolute atomic E-state index is 10.5. The van der Waals surface area contributed by atoms with Crippen LogP contribution in [0.2, 0.25) is 0 Å². The average molecular weight is 284 g/mol. The minimum Gasteiger partial charge on any atom is -0.385 e. The first-order valence-corrected chi connectivity index (χ1v) is 6.71. The highest BCUT2D eigenvalue weighted by Crippen LogP contribution is 1.99. The van der Waals surface area contributed by atoms with Gasteiger partial charge in [0.25, 0.3) is 0 Å². The molecule has 4 heteroatoms. The lowest BCUT2D eigenvalue weighted by Crippen LogP contribution is -2.15. The zero-order chi connectivity index (χ0) is 16.3. The van der Waals surface area contributed by atoms with Crippen LogP contribution in [0.3, 0.4) is 0 Å². The van der Waals surface area contributed by atoms with Crippen molar-refractivity contribution in [1.82, 2.24) is 0 Å². The number of carbonyl (C=O) groups excluding carboxylic acids is 2. The van der Waals surface area contributed by atoms with E-state index in [2.05, 4.69) is 0 Å². The van der Waals surface area contributed by atoms with Crippen LogP contribution in [0.25, 0.3) is 0 Å². The second-order valence-electron chi connectivity index (χ2n) is 5.29. The summed E-state index contributed by atoms with van der Waals surface area (Å²) >= 11 is 0. The van der Waals surface area contributed by atoms with Crippen molar-refractivity contribution in [2.45, 2.75) is 66.6 Å². The van der Waals surface area contributed by atoms with Crippen LogP contribution in [-0.2, 0) is 9.59 Å². The Balaban J connectivity index is 0. The second kappa shape index (κ2) is 11.6. The Bertz CT molecular complexity index is 323. The van der Waals surface area contributed by atoms with Crippen LogP contribution in [0.5, 0.6) is 0 Å². The third kappa shape index (κ3) is 14.8. The zero-order valence-corrected chi connectivity index (χ0v) is 13.4. The van der Waals surface area contributed by atoms with Gasteiger partial charge in [0.2, 0.25) is 0 Å². The lowest BCUT2D eigenvalue weighted by molar-refractivity contribution is -0.125. The van der Waals surface area contributed by atoms with Gasteiger partial charge in [0.15, 0.2) is 11.6 Å². The fourth-order valence-electron chi connectivity index (χ4n) is 1.03.